The molecule has 2 aromatic carbocycles. The van der Waals surface area contributed by atoms with Gasteiger partial charge in [-0.1, -0.05) is 41.4 Å². The molecular formula is C23H25Cl2N3. The first-order chi connectivity index (χ1) is 13.5. The van der Waals surface area contributed by atoms with Crippen molar-refractivity contribution >= 4 is 40.1 Å². The lowest BCUT2D eigenvalue weighted by molar-refractivity contribution is 0.313. The Morgan fingerprint density at radius 2 is 1.68 bits per heavy atom. The van der Waals surface area contributed by atoms with Gasteiger partial charge in [-0.2, -0.15) is 0 Å². The Morgan fingerprint density at radius 3 is 2.43 bits per heavy atom. The Kier molecular flexibility index (Phi) is 5.68. The normalized spacial score (nSPS) is 19.4. The van der Waals surface area contributed by atoms with E-state index in [4.69, 9.17) is 23.2 Å². The first-order valence-corrected chi connectivity index (χ1v) is 10.4. The van der Waals surface area contributed by atoms with Crippen LogP contribution in [0.4, 0.5) is 11.4 Å². The van der Waals surface area contributed by atoms with Crippen molar-refractivity contribution < 1.29 is 0 Å². The fraction of sp³-hybridized carbons (Fsp3) is 0.304. The van der Waals surface area contributed by atoms with Crippen LogP contribution in [-0.2, 0) is 0 Å². The number of allylic oxidation sites excluding steroid dienone is 1. The summed E-state index contributed by atoms with van der Waals surface area (Å²) in [5.41, 5.74) is 6.37. The van der Waals surface area contributed by atoms with Gasteiger partial charge in [-0.15, -0.1) is 0 Å². The average molecular weight is 414 g/mol. The zero-order valence-corrected chi connectivity index (χ0v) is 17.8. The highest BCUT2D eigenvalue weighted by molar-refractivity contribution is 6.42. The smallest absolute Gasteiger partial charge is 0.0613 e. The summed E-state index contributed by atoms with van der Waals surface area (Å²) in [6.07, 6.45) is 4.33. The van der Waals surface area contributed by atoms with Crippen molar-refractivity contribution in [2.75, 3.05) is 49.6 Å². The lowest BCUT2D eigenvalue weighted by Gasteiger charge is -2.35. The van der Waals surface area contributed by atoms with Gasteiger partial charge in [0.05, 0.1) is 10.0 Å². The number of benzene rings is 2. The highest BCUT2D eigenvalue weighted by atomic mass is 35.5. The van der Waals surface area contributed by atoms with E-state index < -0.39 is 0 Å². The average Bonchev–Trinajstić information content (AvgIpc) is 3.20. The van der Waals surface area contributed by atoms with Crippen molar-refractivity contribution in [1.82, 2.24) is 4.90 Å². The SMILES string of the molecule is CC(=C1C=CN(c2ccc(Cl)c(Cl)c2)C1)c1ccccc1N1CCN(C)CC1. The molecule has 4 rings (SSSR count). The minimum atomic E-state index is 0.585. The van der Waals surface area contributed by atoms with E-state index in [2.05, 4.69) is 65.2 Å². The number of para-hydroxylation sites is 1. The summed E-state index contributed by atoms with van der Waals surface area (Å²) in [4.78, 5) is 7.10. The molecule has 2 aliphatic rings. The third-order valence-corrected chi connectivity index (χ3v) is 6.40. The Morgan fingerprint density at radius 1 is 0.929 bits per heavy atom. The van der Waals surface area contributed by atoms with E-state index in [1.54, 1.807) is 0 Å². The van der Waals surface area contributed by atoms with Gasteiger partial charge in [0.25, 0.3) is 0 Å². The van der Waals surface area contributed by atoms with Crippen molar-refractivity contribution in [3.8, 4) is 0 Å². The molecule has 0 unspecified atom stereocenters. The van der Waals surface area contributed by atoms with Crippen LogP contribution in [0.5, 0.6) is 0 Å². The number of hydrogen-bond donors (Lipinski definition) is 0. The van der Waals surface area contributed by atoms with E-state index >= 15 is 0 Å². The van der Waals surface area contributed by atoms with Gasteiger partial charge in [0, 0.05) is 55.9 Å². The van der Waals surface area contributed by atoms with E-state index in [0.29, 0.717) is 10.0 Å². The largest absolute Gasteiger partial charge is 0.368 e. The van der Waals surface area contributed by atoms with Crippen LogP contribution in [0.1, 0.15) is 12.5 Å². The summed E-state index contributed by atoms with van der Waals surface area (Å²) >= 11 is 12.3. The molecule has 28 heavy (non-hydrogen) atoms. The fourth-order valence-electron chi connectivity index (χ4n) is 3.84. The van der Waals surface area contributed by atoms with Gasteiger partial charge < -0.3 is 14.7 Å². The van der Waals surface area contributed by atoms with E-state index in [1.165, 1.54) is 22.4 Å². The molecular weight excluding hydrogens is 389 g/mol. The summed E-state index contributed by atoms with van der Waals surface area (Å²) in [5.74, 6) is 0. The molecule has 1 fully saturated rings. The van der Waals surface area contributed by atoms with E-state index in [1.807, 2.05) is 18.2 Å². The molecule has 2 aliphatic heterocycles. The van der Waals surface area contributed by atoms with Crippen LogP contribution in [0.3, 0.4) is 0 Å². The molecule has 0 spiro atoms. The molecule has 0 atom stereocenters. The van der Waals surface area contributed by atoms with Gasteiger partial charge in [-0.05, 0) is 55.5 Å². The van der Waals surface area contributed by atoms with Crippen molar-refractivity contribution in [3.05, 3.63) is 75.9 Å². The van der Waals surface area contributed by atoms with Crippen LogP contribution in [-0.4, -0.2) is 44.7 Å². The monoisotopic (exact) mass is 413 g/mol. The number of halogens is 2. The number of nitrogens with zero attached hydrogens (tertiary/aromatic N) is 3. The first-order valence-electron chi connectivity index (χ1n) is 9.65. The van der Waals surface area contributed by atoms with Gasteiger partial charge in [0.1, 0.15) is 0 Å². The summed E-state index contributed by atoms with van der Waals surface area (Å²) < 4.78 is 0. The Hall–Kier alpha value is -1.94. The van der Waals surface area contributed by atoms with E-state index in [-0.39, 0.29) is 0 Å². The Balaban J connectivity index is 1.59. The second-order valence-corrected chi connectivity index (χ2v) is 8.31. The third kappa shape index (κ3) is 3.93. The first kappa shape index (κ1) is 19.4. The molecule has 0 N–H and O–H groups in total. The van der Waals surface area contributed by atoms with Crippen LogP contribution in [0.2, 0.25) is 10.0 Å². The zero-order valence-electron chi connectivity index (χ0n) is 16.3. The predicted octanol–water partition coefficient (Wildman–Crippen LogP) is 5.55. The molecule has 146 valence electrons. The number of piperazine rings is 1. The van der Waals surface area contributed by atoms with Gasteiger partial charge >= 0.3 is 0 Å². The molecule has 0 aromatic heterocycles. The van der Waals surface area contributed by atoms with Crippen LogP contribution in [0.25, 0.3) is 5.57 Å². The number of anilines is 2. The molecule has 1 saturated heterocycles. The number of likely N-dealkylation sites (N-methyl/N-ethyl adjacent to an activating group) is 1. The van der Waals surface area contributed by atoms with Gasteiger partial charge in [0.2, 0.25) is 0 Å². The summed E-state index contributed by atoms with van der Waals surface area (Å²) in [7, 11) is 2.19. The second kappa shape index (κ2) is 8.20. The Labute approximate surface area is 177 Å². The lowest BCUT2D eigenvalue weighted by atomic mass is 9.99. The summed E-state index contributed by atoms with van der Waals surface area (Å²) in [6, 6.07) is 14.5. The second-order valence-electron chi connectivity index (χ2n) is 7.50. The van der Waals surface area contributed by atoms with Crippen molar-refractivity contribution in [2.24, 2.45) is 0 Å². The van der Waals surface area contributed by atoms with E-state index in [9.17, 15) is 0 Å². The molecule has 0 bridgehead atoms. The maximum absolute atomic E-state index is 6.20. The number of hydrogen-bond acceptors (Lipinski definition) is 3. The van der Waals surface area contributed by atoms with Crippen molar-refractivity contribution in [3.63, 3.8) is 0 Å². The predicted molar refractivity (Wildman–Crippen MR) is 122 cm³/mol. The van der Waals surface area contributed by atoms with Crippen LogP contribution >= 0.6 is 23.2 Å². The molecule has 5 heteroatoms. The number of rotatable bonds is 3. The van der Waals surface area contributed by atoms with Gasteiger partial charge in [0.15, 0.2) is 0 Å². The quantitative estimate of drug-likeness (QED) is 0.652. The van der Waals surface area contributed by atoms with Crippen LogP contribution in [0.15, 0.2) is 60.3 Å². The zero-order chi connectivity index (χ0) is 19.7. The van der Waals surface area contributed by atoms with Crippen molar-refractivity contribution in [1.29, 1.82) is 0 Å². The fourth-order valence-corrected chi connectivity index (χ4v) is 4.13. The van der Waals surface area contributed by atoms with Gasteiger partial charge in [-0.25, -0.2) is 0 Å². The molecule has 3 nitrogen and oxygen atoms in total. The summed E-state index contributed by atoms with van der Waals surface area (Å²) in [6.45, 7) is 7.42. The maximum Gasteiger partial charge on any atom is 0.0613 e. The summed E-state index contributed by atoms with van der Waals surface area (Å²) in [5, 5.41) is 1.17. The molecule has 2 heterocycles. The minimum Gasteiger partial charge on any atom is -0.368 e. The standard InChI is InChI=1S/C23H25Cl2N3/c1-17(18-9-10-28(16-18)19-7-8-21(24)22(25)15-19)20-5-3-4-6-23(20)27-13-11-26(2)12-14-27/h3-10,15H,11-14,16H2,1-2H3. The highest BCUT2D eigenvalue weighted by Gasteiger charge is 2.20. The van der Waals surface area contributed by atoms with Crippen LogP contribution in [0, 0.1) is 0 Å². The molecule has 0 radical (unpaired) electrons. The highest BCUT2D eigenvalue weighted by Crippen LogP contribution is 2.34. The molecule has 2 aromatic rings. The van der Waals surface area contributed by atoms with E-state index in [0.717, 1.165) is 38.4 Å². The van der Waals surface area contributed by atoms with Crippen molar-refractivity contribution in [2.45, 2.75) is 6.92 Å². The maximum atomic E-state index is 6.20. The lowest BCUT2D eigenvalue weighted by Crippen LogP contribution is -2.44. The third-order valence-electron chi connectivity index (χ3n) is 5.66. The Bertz CT molecular complexity index is 927. The molecule has 0 amide bonds. The topological polar surface area (TPSA) is 9.72 Å². The minimum absolute atomic E-state index is 0.585. The molecule has 0 aliphatic carbocycles. The van der Waals surface area contributed by atoms with Gasteiger partial charge in [-0.3, -0.25) is 0 Å². The van der Waals surface area contributed by atoms with Crippen LogP contribution < -0.4 is 9.80 Å². The molecule has 0 saturated carbocycles.